The smallest absolute Gasteiger partial charge is 0.236 e. The Kier molecular flexibility index (Phi) is 5.07. The van der Waals surface area contributed by atoms with Crippen LogP contribution in [0.5, 0.6) is 0 Å². The number of hydrogen-bond donors (Lipinski definition) is 0. The monoisotopic (exact) mass is 380 g/mol. The van der Waals surface area contributed by atoms with Crippen LogP contribution in [0.3, 0.4) is 0 Å². The third-order valence-corrected chi connectivity index (χ3v) is 6.22. The minimum atomic E-state index is -0.149. The third-order valence-electron chi connectivity index (χ3n) is 5.09. The summed E-state index contributed by atoms with van der Waals surface area (Å²) in [5.74, 6) is 0.194. The number of carbonyl (C=O) groups excluding carboxylic acids is 1. The molecule has 0 radical (unpaired) electrons. The van der Waals surface area contributed by atoms with Gasteiger partial charge in [0.15, 0.2) is 5.16 Å². The molecule has 1 aliphatic rings. The molecule has 5 nitrogen and oxygen atoms in total. The number of aryl methyl sites for hydroxylation is 1. The van der Waals surface area contributed by atoms with Crippen LogP contribution < -0.4 is 4.90 Å². The van der Waals surface area contributed by atoms with Crippen molar-refractivity contribution < 1.29 is 4.79 Å². The molecule has 0 N–H and O–H groups in total. The van der Waals surface area contributed by atoms with Crippen LogP contribution in [-0.2, 0) is 11.8 Å². The van der Waals surface area contributed by atoms with E-state index in [2.05, 4.69) is 44.8 Å². The Morgan fingerprint density at radius 1 is 1.00 bits per heavy atom. The van der Waals surface area contributed by atoms with Gasteiger partial charge < -0.3 is 14.4 Å². The Hall–Kier alpha value is -2.47. The molecule has 1 unspecified atom stereocenters. The Labute approximate surface area is 164 Å². The van der Waals surface area contributed by atoms with Crippen molar-refractivity contribution in [1.82, 2.24) is 14.5 Å². The van der Waals surface area contributed by atoms with E-state index in [1.807, 2.05) is 43.1 Å². The molecule has 0 bridgehead atoms. The normalized spacial score (nSPS) is 15.9. The van der Waals surface area contributed by atoms with Gasteiger partial charge in [0.05, 0.1) is 16.3 Å². The van der Waals surface area contributed by atoms with E-state index in [4.69, 9.17) is 0 Å². The first kappa shape index (κ1) is 17.9. The number of imidazole rings is 1. The van der Waals surface area contributed by atoms with E-state index >= 15 is 0 Å². The fourth-order valence-corrected chi connectivity index (χ4v) is 4.49. The average molecular weight is 381 g/mol. The van der Waals surface area contributed by atoms with E-state index in [1.54, 1.807) is 11.8 Å². The van der Waals surface area contributed by atoms with Crippen LogP contribution in [-0.4, -0.2) is 51.8 Å². The molecule has 2 heterocycles. The summed E-state index contributed by atoms with van der Waals surface area (Å²) in [4.78, 5) is 21.9. The number of amides is 1. The fourth-order valence-electron chi connectivity index (χ4n) is 3.52. The van der Waals surface area contributed by atoms with Crippen molar-refractivity contribution in [3.05, 3.63) is 54.6 Å². The number of anilines is 1. The highest BCUT2D eigenvalue weighted by Gasteiger charge is 2.26. The van der Waals surface area contributed by atoms with Crippen molar-refractivity contribution in [3.63, 3.8) is 0 Å². The van der Waals surface area contributed by atoms with Gasteiger partial charge in [-0.25, -0.2) is 4.98 Å². The standard InChI is InChI=1S/C21H24N4OS/c1-16(27-21-22-18-10-6-7-11-19(18)23(21)2)20(26)25-14-12-24(13-15-25)17-8-4-3-5-9-17/h3-11,16H,12-15H2,1-2H3. The number of nitrogens with zero attached hydrogens (tertiary/aromatic N) is 4. The van der Waals surface area contributed by atoms with E-state index in [-0.39, 0.29) is 11.2 Å². The van der Waals surface area contributed by atoms with Gasteiger partial charge >= 0.3 is 0 Å². The Morgan fingerprint density at radius 3 is 2.37 bits per heavy atom. The first-order valence-electron chi connectivity index (χ1n) is 9.30. The quantitative estimate of drug-likeness (QED) is 0.651. The number of benzene rings is 2. The highest BCUT2D eigenvalue weighted by atomic mass is 32.2. The summed E-state index contributed by atoms with van der Waals surface area (Å²) < 4.78 is 2.07. The molecule has 4 rings (SSSR count). The van der Waals surface area contributed by atoms with E-state index in [0.717, 1.165) is 42.4 Å². The molecular weight excluding hydrogens is 356 g/mol. The molecule has 2 aromatic carbocycles. The molecule has 1 atom stereocenters. The second-order valence-electron chi connectivity index (χ2n) is 6.85. The second-order valence-corrected chi connectivity index (χ2v) is 8.16. The molecule has 27 heavy (non-hydrogen) atoms. The molecule has 1 aliphatic heterocycles. The second kappa shape index (κ2) is 7.64. The number of aromatic nitrogens is 2. The SMILES string of the molecule is CC(Sc1nc2ccccc2n1C)C(=O)N1CCN(c2ccccc2)CC1. The Balaban J connectivity index is 1.39. The molecule has 3 aromatic rings. The number of carbonyl (C=O) groups is 1. The predicted octanol–water partition coefficient (Wildman–Crippen LogP) is 3.40. The molecule has 1 fully saturated rings. The Morgan fingerprint density at radius 2 is 1.67 bits per heavy atom. The van der Waals surface area contributed by atoms with Gasteiger partial charge in [0.25, 0.3) is 0 Å². The third kappa shape index (κ3) is 3.67. The van der Waals surface area contributed by atoms with Crippen LogP contribution >= 0.6 is 11.8 Å². The highest BCUT2D eigenvalue weighted by molar-refractivity contribution is 8.00. The largest absolute Gasteiger partial charge is 0.368 e. The van der Waals surface area contributed by atoms with Crippen LogP contribution in [0.25, 0.3) is 11.0 Å². The molecule has 6 heteroatoms. The molecular formula is C21H24N4OS. The highest BCUT2D eigenvalue weighted by Crippen LogP contribution is 2.27. The summed E-state index contributed by atoms with van der Waals surface area (Å²) >= 11 is 1.54. The maximum atomic E-state index is 12.9. The number of piperazine rings is 1. The molecule has 1 amide bonds. The van der Waals surface area contributed by atoms with Crippen molar-refractivity contribution in [2.24, 2.45) is 7.05 Å². The zero-order valence-corrected chi connectivity index (χ0v) is 16.5. The lowest BCUT2D eigenvalue weighted by Gasteiger charge is -2.37. The summed E-state index contributed by atoms with van der Waals surface area (Å²) in [5, 5.41) is 0.740. The van der Waals surface area contributed by atoms with Crippen molar-refractivity contribution >= 4 is 34.4 Å². The van der Waals surface area contributed by atoms with Crippen LogP contribution in [0, 0.1) is 0 Å². The van der Waals surface area contributed by atoms with E-state index in [0.29, 0.717) is 0 Å². The van der Waals surface area contributed by atoms with Gasteiger partial charge in [-0.3, -0.25) is 4.79 Å². The molecule has 0 spiro atoms. The lowest BCUT2D eigenvalue weighted by atomic mass is 10.2. The number of rotatable bonds is 4. The first-order valence-corrected chi connectivity index (χ1v) is 10.2. The van der Waals surface area contributed by atoms with Crippen molar-refractivity contribution in [1.29, 1.82) is 0 Å². The number of thioether (sulfide) groups is 1. The Bertz CT molecular complexity index is 932. The van der Waals surface area contributed by atoms with Gasteiger partial charge in [-0.15, -0.1) is 0 Å². The van der Waals surface area contributed by atoms with E-state index in [9.17, 15) is 4.79 Å². The van der Waals surface area contributed by atoms with Crippen molar-refractivity contribution in [2.45, 2.75) is 17.3 Å². The van der Waals surface area contributed by atoms with Gasteiger partial charge in [0.2, 0.25) is 5.91 Å². The maximum absolute atomic E-state index is 12.9. The predicted molar refractivity (Wildman–Crippen MR) is 111 cm³/mol. The van der Waals surface area contributed by atoms with Crippen molar-refractivity contribution in [3.8, 4) is 0 Å². The zero-order chi connectivity index (χ0) is 18.8. The summed E-state index contributed by atoms with van der Waals surface area (Å²) in [7, 11) is 2.01. The summed E-state index contributed by atoms with van der Waals surface area (Å²) in [5.41, 5.74) is 3.29. The van der Waals surface area contributed by atoms with Crippen LogP contribution in [0.2, 0.25) is 0 Å². The van der Waals surface area contributed by atoms with Gasteiger partial charge in [-0.05, 0) is 31.2 Å². The molecule has 0 aliphatic carbocycles. The molecule has 140 valence electrons. The number of hydrogen-bond acceptors (Lipinski definition) is 4. The molecule has 1 saturated heterocycles. The number of para-hydroxylation sites is 3. The van der Waals surface area contributed by atoms with Gasteiger partial charge in [0.1, 0.15) is 0 Å². The van der Waals surface area contributed by atoms with Gasteiger partial charge in [0, 0.05) is 38.9 Å². The summed E-state index contributed by atoms with van der Waals surface area (Å²) in [6.45, 7) is 5.26. The zero-order valence-electron chi connectivity index (χ0n) is 15.7. The van der Waals surface area contributed by atoms with Gasteiger partial charge in [-0.2, -0.15) is 0 Å². The minimum Gasteiger partial charge on any atom is -0.368 e. The van der Waals surface area contributed by atoms with Gasteiger partial charge in [-0.1, -0.05) is 42.1 Å². The fraction of sp³-hybridized carbons (Fsp3) is 0.333. The first-order chi connectivity index (χ1) is 13.1. The summed E-state index contributed by atoms with van der Waals surface area (Å²) in [6.07, 6.45) is 0. The minimum absolute atomic E-state index is 0.149. The lowest BCUT2D eigenvalue weighted by Crippen LogP contribution is -2.50. The van der Waals surface area contributed by atoms with Crippen LogP contribution in [0.15, 0.2) is 59.8 Å². The van der Waals surface area contributed by atoms with Crippen LogP contribution in [0.1, 0.15) is 6.92 Å². The molecule has 1 aromatic heterocycles. The van der Waals surface area contributed by atoms with E-state index in [1.165, 1.54) is 5.69 Å². The van der Waals surface area contributed by atoms with Crippen LogP contribution in [0.4, 0.5) is 5.69 Å². The lowest BCUT2D eigenvalue weighted by molar-refractivity contribution is -0.130. The van der Waals surface area contributed by atoms with E-state index < -0.39 is 0 Å². The number of fused-ring (bicyclic) bond motifs is 1. The maximum Gasteiger partial charge on any atom is 0.236 e. The average Bonchev–Trinajstić information content (AvgIpc) is 3.04. The molecule has 0 saturated carbocycles. The van der Waals surface area contributed by atoms with Crippen molar-refractivity contribution in [2.75, 3.05) is 31.1 Å². The summed E-state index contributed by atoms with van der Waals surface area (Å²) in [6, 6.07) is 18.5. The topological polar surface area (TPSA) is 41.4 Å².